The van der Waals surface area contributed by atoms with Crippen molar-refractivity contribution in [2.75, 3.05) is 13.2 Å². The summed E-state index contributed by atoms with van der Waals surface area (Å²) in [6.45, 7) is 8.66. The van der Waals surface area contributed by atoms with Crippen molar-refractivity contribution in [1.29, 1.82) is 0 Å². The summed E-state index contributed by atoms with van der Waals surface area (Å²) < 4.78 is 5.42. The molecule has 1 aliphatic rings. The van der Waals surface area contributed by atoms with Crippen LogP contribution in [0.4, 0.5) is 4.79 Å². The van der Waals surface area contributed by atoms with Crippen LogP contribution in [0.25, 0.3) is 0 Å². The van der Waals surface area contributed by atoms with E-state index in [1.807, 2.05) is 25.7 Å². The molecule has 1 heterocycles. The molecule has 0 aliphatic carbocycles. The smallest absolute Gasteiger partial charge is 0.410 e. The van der Waals surface area contributed by atoms with E-state index < -0.39 is 5.60 Å². The van der Waals surface area contributed by atoms with Crippen LogP contribution < -0.4 is 0 Å². The first-order chi connectivity index (χ1) is 7.78. The average Bonchev–Trinajstić information content (AvgIpc) is 2.55. The quantitative estimate of drug-likeness (QED) is 0.828. The van der Waals surface area contributed by atoms with Gasteiger partial charge < -0.3 is 14.7 Å². The van der Waals surface area contributed by atoms with Crippen molar-refractivity contribution in [3.8, 4) is 0 Å². The van der Waals surface area contributed by atoms with Gasteiger partial charge in [-0.3, -0.25) is 0 Å². The first-order valence-electron chi connectivity index (χ1n) is 6.40. The van der Waals surface area contributed by atoms with Crippen LogP contribution in [0.15, 0.2) is 0 Å². The molecule has 1 fully saturated rings. The number of nitrogens with zero attached hydrogens (tertiary/aromatic N) is 1. The molecule has 0 saturated carbocycles. The van der Waals surface area contributed by atoms with Gasteiger partial charge in [-0.1, -0.05) is 0 Å². The van der Waals surface area contributed by atoms with Crippen molar-refractivity contribution in [1.82, 2.24) is 4.90 Å². The van der Waals surface area contributed by atoms with Gasteiger partial charge in [0.15, 0.2) is 0 Å². The third kappa shape index (κ3) is 3.87. The number of likely N-dealkylation sites (tertiary alicyclic amines) is 1. The molecule has 0 radical (unpaired) electrons. The molecule has 17 heavy (non-hydrogen) atoms. The molecule has 1 saturated heterocycles. The SMILES string of the molecule is CC(C)(C)OC(=O)N1CCCC1(C)CCCO. The van der Waals surface area contributed by atoms with E-state index in [1.165, 1.54) is 0 Å². The summed E-state index contributed by atoms with van der Waals surface area (Å²) >= 11 is 0. The zero-order chi connectivity index (χ0) is 13.1. The van der Waals surface area contributed by atoms with E-state index in [2.05, 4.69) is 6.92 Å². The van der Waals surface area contributed by atoms with Crippen LogP contribution in [0.1, 0.15) is 53.4 Å². The Balaban J connectivity index is 2.65. The van der Waals surface area contributed by atoms with Crippen LogP contribution in [-0.2, 0) is 4.74 Å². The van der Waals surface area contributed by atoms with Gasteiger partial charge in [0.2, 0.25) is 0 Å². The summed E-state index contributed by atoms with van der Waals surface area (Å²) in [4.78, 5) is 13.9. The Bertz CT molecular complexity index is 272. The highest BCUT2D eigenvalue weighted by Crippen LogP contribution is 2.34. The van der Waals surface area contributed by atoms with Gasteiger partial charge in [-0.05, 0) is 53.4 Å². The van der Waals surface area contributed by atoms with Gasteiger partial charge in [0.1, 0.15) is 5.60 Å². The number of aliphatic hydroxyl groups is 1. The molecule has 4 heteroatoms. The normalized spacial score (nSPS) is 25.1. The minimum atomic E-state index is -0.447. The first-order valence-corrected chi connectivity index (χ1v) is 6.40. The lowest BCUT2D eigenvalue weighted by Crippen LogP contribution is -2.47. The van der Waals surface area contributed by atoms with Crippen molar-refractivity contribution in [3.05, 3.63) is 0 Å². The lowest BCUT2D eigenvalue weighted by molar-refractivity contribution is 0.00839. The molecule has 1 N–H and O–H groups in total. The standard InChI is InChI=1S/C13H25NO3/c1-12(2,3)17-11(16)14-9-5-7-13(14,4)8-6-10-15/h15H,5-10H2,1-4H3. The Morgan fingerprint density at radius 2 is 2.12 bits per heavy atom. The Kier molecular flexibility index (Phi) is 4.42. The molecular formula is C13H25NO3. The Morgan fingerprint density at radius 1 is 1.47 bits per heavy atom. The lowest BCUT2D eigenvalue weighted by atomic mass is 9.93. The number of carbonyl (C=O) groups excluding carboxylic acids is 1. The minimum Gasteiger partial charge on any atom is -0.444 e. The fraction of sp³-hybridized carbons (Fsp3) is 0.923. The zero-order valence-corrected chi connectivity index (χ0v) is 11.5. The topological polar surface area (TPSA) is 49.8 Å². The predicted molar refractivity (Wildman–Crippen MR) is 66.9 cm³/mol. The molecule has 1 amide bonds. The number of hydrogen-bond acceptors (Lipinski definition) is 3. The molecule has 1 aliphatic heterocycles. The van der Waals surface area contributed by atoms with Crippen LogP contribution in [-0.4, -0.2) is 40.4 Å². The second-order valence-electron chi connectivity index (χ2n) is 6.06. The molecule has 0 spiro atoms. The van der Waals surface area contributed by atoms with E-state index in [0.29, 0.717) is 0 Å². The second kappa shape index (κ2) is 5.25. The predicted octanol–water partition coefficient (Wildman–Crippen LogP) is 2.55. The Labute approximate surface area is 104 Å². The molecule has 1 atom stereocenters. The summed E-state index contributed by atoms with van der Waals surface area (Å²) in [7, 11) is 0. The van der Waals surface area contributed by atoms with Gasteiger partial charge in [0.05, 0.1) is 0 Å². The van der Waals surface area contributed by atoms with Crippen molar-refractivity contribution < 1.29 is 14.6 Å². The monoisotopic (exact) mass is 243 g/mol. The van der Waals surface area contributed by atoms with Gasteiger partial charge >= 0.3 is 6.09 Å². The highest BCUT2D eigenvalue weighted by atomic mass is 16.6. The first kappa shape index (κ1) is 14.3. The maximum absolute atomic E-state index is 12.1. The van der Waals surface area contributed by atoms with Crippen LogP contribution in [0.3, 0.4) is 0 Å². The zero-order valence-electron chi connectivity index (χ0n) is 11.5. The number of amides is 1. The molecule has 0 bridgehead atoms. The van der Waals surface area contributed by atoms with E-state index >= 15 is 0 Å². The van der Waals surface area contributed by atoms with Crippen molar-refractivity contribution in [2.24, 2.45) is 0 Å². The molecule has 0 aromatic rings. The van der Waals surface area contributed by atoms with E-state index in [1.54, 1.807) is 0 Å². The fourth-order valence-electron chi connectivity index (χ4n) is 2.37. The van der Waals surface area contributed by atoms with Gasteiger partial charge in [-0.15, -0.1) is 0 Å². The number of rotatable bonds is 3. The average molecular weight is 243 g/mol. The molecular weight excluding hydrogens is 218 g/mol. The van der Waals surface area contributed by atoms with Crippen LogP contribution in [0.5, 0.6) is 0 Å². The molecule has 100 valence electrons. The lowest BCUT2D eigenvalue weighted by Gasteiger charge is -2.36. The van der Waals surface area contributed by atoms with Gasteiger partial charge in [0, 0.05) is 18.7 Å². The summed E-state index contributed by atoms with van der Waals surface area (Å²) in [6.07, 6.45) is 3.35. The summed E-state index contributed by atoms with van der Waals surface area (Å²) in [5.74, 6) is 0. The fourth-order valence-corrected chi connectivity index (χ4v) is 2.37. The highest BCUT2D eigenvalue weighted by Gasteiger charge is 2.40. The van der Waals surface area contributed by atoms with Gasteiger partial charge in [-0.25, -0.2) is 4.79 Å². The molecule has 1 rings (SSSR count). The largest absolute Gasteiger partial charge is 0.444 e. The maximum atomic E-state index is 12.1. The third-order valence-electron chi connectivity index (χ3n) is 3.24. The van der Waals surface area contributed by atoms with E-state index in [0.717, 1.165) is 32.2 Å². The molecule has 4 nitrogen and oxygen atoms in total. The Hall–Kier alpha value is -0.770. The van der Waals surface area contributed by atoms with E-state index in [4.69, 9.17) is 9.84 Å². The van der Waals surface area contributed by atoms with E-state index in [9.17, 15) is 4.79 Å². The number of aliphatic hydroxyl groups excluding tert-OH is 1. The van der Waals surface area contributed by atoms with Gasteiger partial charge in [0.25, 0.3) is 0 Å². The summed E-state index contributed by atoms with van der Waals surface area (Å²) in [5.41, 5.74) is -0.595. The highest BCUT2D eigenvalue weighted by molar-refractivity contribution is 5.69. The van der Waals surface area contributed by atoms with Crippen LogP contribution >= 0.6 is 0 Å². The number of hydrogen-bond donors (Lipinski definition) is 1. The third-order valence-corrected chi connectivity index (χ3v) is 3.24. The molecule has 0 aromatic heterocycles. The molecule has 0 aromatic carbocycles. The summed E-state index contributed by atoms with van der Waals surface area (Å²) in [5, 5.41) is 8.92. The molecule has 1 unspecified atom stereocenters. The van der Waals surface area contributed by atoms with Gasteiger partial charge in [-0.2, -0.15) is 0 Å². The summed E-state index contributed by atoms with van der Waals surface area (Å²) in [6, 6.07) is 0. The second-order valence-corrected chi connectivity index (χ2v) is 6.06. The van der Waals surface area contributed by atoms with Crippen molar-refractivity contribution in [3.63, 3.8) is 0 Å². The van der Waals surface area contributed by atoms with E-state index in [-0.39, 0.29) is 18.2 Å². The number of ether oxygens (including phenoxy) is 1. The van der Waals surface area contributed by atoms with Crippen LogP contribution in [0, 0.1) is 0 Å². The minimum absolute atomic E-state index is 0.148. The van der Waals surface area contributed by atoms with Crippen molar-refractivity contribution >= 4 is 6.09 Å². The maximum Gasteiger partial charge on any atom is 0.410 e. The van der Waals surface area contributed by atoms with Crippen LogP contribution in [0.2, 0.25) is 0 Å². The Morgan fingerprint density at radius 3 is 2.65 bits per heavy atom. The van der Waals surface area contributed by atoms with Crippen molar-refractivity contribution in [2.45, 2.75) is 64.5 Å². The number of carbonyl (C=O) groups is 1.